The highest BCUT2D eigenvalue weighted by molar-refractivity contribution is 6.24. The molecule has 1 heteroatoms. The Kier molecular flexibility index (Phi) is 7.55. The average Bonchev–Trinajstić information content (AvgIpc) is 3.17. The number of aromatic nitrogens is 1. The lowest BCUT2D eigenvalue weighted by Gasteiger charge is -2.20. The normalized spacial score (nSPS) is 11.4. The molecule has 0 aliphatic heterocycles. The molecule has 8 aromatic carbocycles. The van der Waals surface area contributed by atoms with Crippen LogP contribution in [-0.2, 0) is 0 Å². The van der Waals surface area contributed by atoms with Gasteiger partial charge in [-0.3, -0.25) is 4.98 Å². The fraction of sp³-hybridized carbons (Fsp3) is 0.0600. The van der Waals surface area contributed by atoms with Gasteiger partial charge in [0, 0.05) is 17.3 Å². The summed E-state index contributed by atoms with van der Waals surface area (Å²) < 4.78 is 0. The van der Waals surface area contributed by atoms with Crippen LogP contribution in [0.2, 0.25) is 0 Å². The summed E-state index contributed by atoms with van der Waals surface area (Å²) in [5, 5.41) is 7.56. The SMILES string of the molecule is Cc1cc(C)c(-c2ccc(-c3c4ccccc4c(-c4cccc(-c5ccc(-c6ccccc6)nc5)c4)c4ccccc34)c3ccccc23)c(C)c1. The minimum atomic E-state index is 0.979. The van der Waals surface area contributed by atoms with Gasteiger partial charge in [-0.05, 0) is 115 Å². The van der Waals surface area contributed by atoms with Gasteiger partial charge in [0.05, 0.1) is 5.69 Å². The first-order chi connectivity index (χ1) is 25.0. The first kappa shape index (κ1) is 30.7. The third-order valence-electron chi connectivity index (χ3n) is 10.4. The van der Waals surface area contributed by atoms with Crippen LogP contribution in [0.5, 0.6) is 0 Å². The third-order valence-corrected chi connectivity index (χ3v) is 10.4. The van der Waals surface area contributed by atoms with E-state index in [1.54, 1.807) is 0 Å². The van der Waals surface area contributed by atoms with Crippen molar-refractivity contribution in [3.8, 4) is 55.8 Å². The smallest absolute Gasteiger partial charge is 0.0702 e. The van der Waals surface area contributed by atoms with Crippen LogP contribution >= 0.6 is 0 Å². The summed E-state index contributed by atoms with van der Waals surface area (Å²) in [6, 6.07) is 59.7. The lowest BCUT2D eigenvalue weighted by atomic mass is 9.83. The molecule has 9 aromatic rings. The molecule has 0 N–H and O–H groups in total. The van der Waals surface area contributed by atoms with E-state index in [0.29, 0.717) is 0 Å². The van der Waals surface area contributed by atoms with Gasteiger partial charge in [-0.1, -0.05) is 157 Å². The number of hydrogen-bond donors (Lipinski definition) is 0. The maximum atomic E-state index is 4.84. The van der Waals surface area contributed by atoms with E-state index in [2.05, 4.69) is 178 Å². The molecular formula is C50H37N. The van der Waals surface area contributed by atoms with E-state index in [4.69, 9.17) is 4.98 Å². The summed E-state index contributed by atoms with van der Waals surface area (Å²) in [4.78, 5) is 4.84. The Hall–Kier alpha value is -6.31. The molecule has 0 saturated heterocycles. The summed E-state index contributed by atoms with van der Waals surface area (Å²) in [5.41, 5.74) is 15.9. The van der Waals surface area contributed by atoms with E-state index in [1.807, 2.05) is 12.3 Å². The van der Waals surface area contributed by atoms with E-state index >= 15 is 0 Å². The molecule has 0 bridgehead atoms. The number of pyridine rings is 1. The average molecular weight is 652 g/mol. The number of aryl methyl sites for hydroxylation is 3. The van der Waals surface area contributed by atoms with Crippen LogP contribution in [0.1, 0.15) is 16.7 Å². The number of fused-ring (bicyclic) bond motifs is 3. The molecule has 0 unspecified atom stereocenters. The summed E-state index contributed by atoms with van der Waals surface area (Å²) >= 11 is 0. The molecule has 51 heavy (non-hydrogen) atoms. The molecule has 242 valence electrons. The summed E-state index contributed by atoms with van der Waals surface area (Å²) in [6.45, 7) is 6.66. The second-order valence-corrected chi connectivity index (χ2v) is 13.7. The molecular weight excluding hydrogens is 615 g/mol. The van der Waals surface area contributed by atoms with Crippen LogP contribution in [0, 0.1) is 20.8 Å². The van der Waals surface area contributed by atoms with Crippen molar-refractivity contribution < 1.29 is 0 Å². The highest BCUT2D eigenvalue weighted by atomic mass is 14.7. The second kappa shape index (κ2) is 12.5. The van der Waals surface area contributed by atoms with Crippen LogP contribution < -0.4 is 0 Å². The number of rotatable bonds is 5. The van der Waals surface area contributed by atoms with E-state index in [1.165, 1.54) is 82.4 Å². The molecule has 9 rings (SSSR count). The van der Waals surface area contributed by atoms with Gasteiger partial charge in [0.25, 0.3) is 0 Å². The van der Waals surface area contributed by atoms with E-state index in [9.17, 15) is 0 Å². The van der Waals surface area contributed by atoms with Gasteiger partial charge in [0.2, 0.25) is 0 Å². The molecule has 0 aliphatic carbocycles. The standard InChI is InChI=1S/C50H37N/c1-32-28-33(2)48(34(3)29-32)45-25-26-46(40-19-8-7-18-39(40)45)50-43-22-11-9-20-41(43)49(42-21-10-12-23-44(42)50)37-17-13-16-36(30-37)38-24-27-47(51-31-38)35-14-5-4-6-15-35/h4-31H,1-3H3. The number of benzene rings is 8. The molecule has 0 atom stereocenters. The number of nitrogens with zero attached hydrogens (tertiary/aromatic N) is 1. The molecule has 1 heterocycles. The minimum Gasteiger partial charge on any atom is -0.256 e. The van der Waals surface area contributed by atoms with Gasteiger partial charge in [0.1, 0.15) is 0 Å². The second-order valence-electron chi connectivity index (χ2n) is 13.7. The van der Waals surface area contributed by atoms with Gasteiger partial charge < -0.3 is 0 Å². The van der Waals surface area contributed by atoms with Crippen molar-refractivity contribution in [2.75, 3.05) is 0 Å². The van der Waals surface area contributed by atoms with Crippen molar-refractivity contribution in [2.45, 2.75) is 20.8 Å². The molecule has 0 aliphatic rings. The predicted molar refractivity (Wildman–Crippen MR) is 218 cm³/mol. The van der Waals surface area contributed by atoms with Crippen molar-refractivity contribution in [1.82, 2.24) is 4.98 Å². The Bertz CT molecular complexity index is 2670. The Balaban J connectivity index is 1.25. The van der Waals surface area contributed by atoms with Gasteiger partial charge in [-0.2, -0.15) is 0 Å². The van der Waals surface area contributed by atoms with Crippen LogP contribution in [0.25, 0.3) is 88.1 Å². The minimum absolute atomic E-state index is 0.979. The lowest BCUT2D eigenvalue weighted by molar-refractivity contribution is 1.32. The summed E-state index contributed by atoms with van der Waals surface area (Å²) in [5.74, 6) is 0. The maximum Gasteiger partial charge on any atom is 0.0702 e. The summed E-state index contributed by atoms with van der Waals surface area (Å²) in [7, 11) is 0. The zero-order valence-electron chi connectivity index (χ0n) is 29.1. The van der Waals surface area contributed by atoms with Crippen LogP contribution in [-0.4, -0.2) is 4.98 Å². The van der Waals surface area contributed by atoms with Crippen LogP contribution in [0.4, 0.5) is 0 Å². The van der Waals surface area contributed by atoms with Crippen molar-refractivity contribution in [2.24, 2.45) is 0 Å². The molecule has 1 aromatic heterocycles. The zero-order valence-corrected chi connectivity index (χ0v) is 29.1. The Morgan fingerprint density at radius 3 is 1.39 bits per heavy atom. The van der Waals surface area contributed by atoms with Crippen LogP contribution in [0.15, 0.2) is 170 Å². The third kappa shape index (κ3) is 5.30. The molecule has 0 fully saturated rings. The van der Waals surface area contributed by atoms with Gasteiger partial charge in [0.15, 0.2) is 0 Å². The van der Waals surface area contributed by atoms with Crippen molar-refractivity contribution in [3.05, 3.63) is 187 Å². The Morgan fingerprint density at radius 1 is 0.333 bits per heavy atom. The fourth-order valence-electron chi connectivity index (χ4n) is 8.27. The Morgan fingerprint density at radius 2 is 0.824 bits per heavy atom. The largest absolute Gasteiger partial charge is 0.256 e. The van der Waals surface area contributed by atoms with Gasteiger partial charge in [-0.15, -0.1) is 0 Å². The van der Waals surface area contributed by atoms with Gasteiger partial charge in [-0.25, -0.2) is 0 Å². The van der Waals surface area contributed by atoms with Gasteiger partial charge >= 0.3 is 0 Å². The highest BCUT2D eigenvalue weighted by Gasteiger charge is 2.20. The van der Waals surface area contributed by atoms with E-state index < -0.39 is 0 Å². The quantitative estimate of drug-likeness (QED) is 0.169. The van der Waals surface area contributed by atoms with E-state index in [-0.39, 0.29) is 0 Å². The molecule has 0 radical (unpaired) electrons. The van der Waals surface area contributed by atoms with E-state index in [0.717, 1.165) is 22.4 Å². The lowest BCUT2D eigenvalue weighted by Crippen LogP contribution is -1.94. The topological polar surface area (TPSA) is 12.9 Å². The van der Waals surface area contributed by atoms with Crippen molar-refractivity contribution >= 4 is 32.3 Å². The van der Waals surface area contributed by atoms with Crippen molar-refractivity contribution in [3.63, 3.8) is 0 Å². The maximum absolute atomic E-state index is 4.84. The monoisotopic (exact) mass is 651 g/mol. The molecule has 0 spiro atoms. The number of hydrogen-bond acceptors (Lipinski definition) is 1. The Labute approximate surface area is 299 Å². The first-order valence-electron chi connectivity index (χ1n) is 17.7. The molecule has 1 nitrogen and oxygen atoms in total. The van der Waals surface area contributed by atoms with Crippen LogP contribution in [0.3, 0.4) is 0 Å². The molecule has 0 saturated carbocycles. The first-order valence-corrected chi connectivity index (χ1v) is 17.7. The van der Waals surface area contributed by atoms with Crippen molar-refractivity contribution in [1.29, 1.82) is 0 Å². The predicted octanol–water partition coefficient (Wildman–Crippen LogP) is 13.8. The molecule has 0 amide bonds. The highest BCUT2D eigenvalue weighted by Crippen LogP contribution is 2.47. The fourth-order valence-corrected chi connectivity index (χ4v) is 8.27. The summed E-state index contributed by atoms with van der Waals surface area (Å²) in [6.07, 6.45) is 2.00. The zero-order chi connectivity index (χ0) is 34.5.